The van der Waals surface area contributed by atoms with Gasteiger partial charge in [-0.2, -0.15) is 0 Å². The van der Waals surface area contributed by atoms with Crippen LogP contribution in [0.15, 0.2) is 24.3 Å². The van der Waals surface area contributed by atoms with Gasteiger partial charge in [-0.3, -0.25) is 0 Å². The summed E-state index contributed by atoms with van der Waals surface area (Å²) in [6, 6.07) is 8.43. The van der Waals surface area contributed by atoms with Crippen molar-refractivity contribution in [2.45, 2.75) is 6.92 Å². The summed E-state index contributed by atoms with van der Waals surface area (Å²) < 4.78 is 3.08. The van der Waals surface area contributed by atoms with E-state index in [0.717, 1.165) is 33.2 Å². The van der Waals surface area contributed by atoms with Crippen molar-refractivity contribution in [3.05, 3.63) is 40.5 Å². The van der Waals surface area contributed by atoms with E-state index >= 15 is 0 Å². The van der Waals surface area contributed by atoms with Crippen molar-refractivity contribution in [3.8, 4) is 11.1 Å². The number of nitrogens with two attached hydrogens (primary N) is 2. The van der Waals surface area contributed by atoms with E-state index in [-0.39, 0.29) is 0 Å². The summed E-state index contributed by atoms with van der Waals surface area (Å²) in [4.78, 5) is 0. The van der Waals surface area contributed by atoms with Crippen molar-refractivity contribution in [2.24, 2.45) is 0 Å². The molecule has 2 nitrogen and oxygen atoms in total. The molecule has 0 radical (unpaired) electrons. The molecule has 2 aromatic rings. The van der Waals surface area contributed by atoms with Gasteiger partial charge < -0.3 is 11.5 Å². The van der Waals surface area contributed by atoms with Crippen molar-refractivity contribution >= 4 is 79.1 Å². The Morgan fingerprint density at radius 1 is 0.778 bits per heavy atom. The van der Waals surface area contributed by atoms with Crippen LogP contribution >= 0.6 is 67.8 Å². The zero-order chi connectivity index (χ0) is 13.4. The van der Waals surface area contributed by atoms with Gasteiger partial charge in [-0.25, -0.2) is 0 Å². The van der Waals surface area contributed by atoms with Gasteiger partial charge in [0.1, 0.15) is 0 Å². The lowest BCUT2D eigenvalue weighted by atomic mass is 10.0. The van der Waals surface area contributed by atoms with E-state index in [2.05, 4.69) is 99.0 Å². The van der Waals surface area contributed by atoms with Gasteiger partial charge >= 0.3 is 0 Å². The van der Waals surface area contributed by atoms with Gasteiger partial charge in [0.25, 0.3) is 0 Å². The number of aryl methyl sites for hydroxylation is 1. The maximum atomic E-state index is 6.12. The molecule has 0 unspecified atom stereocenters. The van der Waals surface area contributed by atoms with E-state index in [0.29, 0.717) is 0 Å². The first kappa shape index (κ1) is 14.6. The first-order valence-electron chi connectivity index (χ1n) is 5.22. The Balaban J connectivity index is 2.75. The molecule has 2 rings (SSSR count). The minimum absolute atomic E-state index is 0.768. The molecule has 0 saturated heterocycles. The van der Waals surface area contributed by atoms with Crippen LogP contribution in [0.5, 0.6) is 0 Å². The van der Waals surface area contributed by atoms with E-state index in [1.807, 2.05) is 0 Å². The van der Waals surface area contributed by atoms with Crippen LogP contribution in [0, 0.1) is 17.6 Å². The van der Waals surface area contributed by atoms with Crippen LogP contribution in [0.1, 0.15) is 5.56 Å². The average molecular weight is 576 g/mol. The Labute approximate surface area is 147 Å². The Morgan fingerprint density at radius 2 is 1.22 bits per heavy atom. The summed E-state index contributed by atoms with van der Waals surface area (Å²) >= 11 is 6.79. The molecule has 0 fully saturated rings. The molecule has 0 atom stereocenters. The zero-order valence-corrected chi connectivity index (χ0v) is 16.1. The van der Waals surface area contributed by atoms with Gasteiger partial charge in [0.15, 0.2) is 0 Å². The third-order valence-electron chi connectivity index (χ3n) is 2.73. The van der Waals surface area contributed by atoms with Crippen LogP contribution in [-0.2, 0) is 0 Å². The summed E-state index contributed by atoms with van der Waals surface area (Å²) in [5.41, 5.74) is 17.3. The molecule has 4 N–H and O–H groups in total. The summed E-state index contributed by atoms with van der Waals surface area (Å²) in [6.45, 7) is 2.08. The largest absolute Gasteiger partial charge is 0.397 e. The second-order valence-electron chi connectivity index (χ2n) is 4.01. The molecule has 0 amide bonds. The normalized spacial score (nSPS) is 10.7. The fourth-order valence-electron chi connectivity index (χ4n) is 1.68. The van der Waals surface area contributed by atoms with Gasteiger partial charge in [-0.05, 0) is 80.3 Å². The van der Waals surface area contributed by atoms with Crippen molar-refractivity contribution < 1.29 is 0 Å². The first-order chi connectivity index (χ1) is 8.43. The highest BCUT2D eigenvalue weighted by molar-refractivity contribution is 14.1. The summed E-state index contributed by atoms with van der Waals surface area (Å²) in [6.07, 6.45) is 0. The highest BCUT2D eigenvalue weighted by atomic mass is 127. The number of anilines is 2. The van der Waals surface area contributed by atoms with Crippen molar-refractivity contribution in [1.29, 1.82) is 0 Å². The molecule has 0 saturated carbocycles. The highest BCUT2D eigenvalue weighted by Crippen LogP contribution is 2.40. The van der Waals surface area contributed by atoms with Crippen LogP contribution in [0.3, 0.4) is 0 Å². The van der Waals surface area contributed by atoms with Crippen LogP contribution < -0.4 is 11.5 Å². The molecule has 0 aliphatic carbocycles. The van der Waals surface area contributed by atoms with Crippen molar-refractivity contribution in [3.63, 3.8) is 0 Å². The minimum atomic E-state index is 0.768. The van der Waals surface area contributed by atoms with Gasteiger partial charge in [0, 0.05) is 12.7 Å². The van der Waals surface area contributed by atoms with E-state index in [1.54, 1.807) is 0 Å². The molecule has 0 heterocycles. The molecule has 0 spiro atoms. The molecule has 0 aromatic heterocycles. The summed E-state index contributed by atoms with van der Waals surface area (Å²) in [5.74, 6) is 0. The standard InChI is InChI=1S/C13H11I3N2/c1-6-2-4-7(5-3-6)8-9(14)12(17)11(16)13(18)10(8)15/h2-5H,17-18H2,1H3. The second kappa shape index (κ2) is 5.70. The number of nitrogen functional groups attached to an aromatic ring is 2. The fraction of sp³-hybridized carbons (Fsp3) is 0.0769. The quantitative estimate of drug-likeness (QED) is 0.385. The van der Waals surface area contributed by atoms with Crippen LogP contribution in [0.2, 0.25) is 0 Å². The molecule has 0 aliphatic rings. The molecule has 18 heavy (non-hydrogen) atoms. The smallest absolute Gasteiger partial charge is 0.0613 e. The number of hydrogen-bond donors (Lipinski definition) is 2. The fourth-order valence-corrected chi connectivity index (χ4v) is 5.47. The lowest BCUT2D eigenvalue weighted by molar-refractivity contribution is 1.45. The van der Waals surface area contributed by atoms with E-state index < -0.39 is 0 Å². The highest BCUT2D eigenvalue weighted by Gasteiger charge is 2.17. The summed E-state index contributed by atoms with van der Waals surface area (Å²) in [5, 5.41) is 0. The Kier molecular flexibility index (Phi) is 4.63. The predicted octanol–water partition coefficient (Wildman–Crippen LogP) is 4.64. The molecular weight excluding hydrogens is 565 g/mol. The topological polar surface area (TPSA) is 52.0 Å². The maximum absolute atomic E-state index is 6.12. The van der Waals surface area contributed by atoms with Crippen LogP contribution in [0.4, 0.5) is 11.4 Å². The lowest BCUT2D eigenvalue weighted by Crippen LogP contribution is -2.04. The van der Waals surface area contributed by atoms with Gasteiger partial charge in [-0.1, -0.05) is 29.8 Å². The first-order valence-corrected chi connectivity index (χ1v) is 8.45. The molecule has 0 bridgehead atoms. The Morgan fingerprint density at radius 3 is 1.67 bits per heavy atom. The second-order valence-corrected chi connectivity index (χ2v) is 7.25. The van der Waals surface area contributed by atoms with E-state index in [4.69, 9.17) is 11.5 Å². The minimum Gasteiger partial charge on any atom is -0.397 e. The zero-order valence-electron chi connectivity index (χ0n) is 9.60. The number of benzene rings is 2. The molecule has 94 valence electrons. The third kappa shape index (κ3) is 2.58. The predicted molar refractivity (Wildman–Crippen MR) is 104 cm³/mol. The lowest BCUT2D eigenvalue weighted by Gasteiger charge is -2.15. The van der Waals surface area contributed by atoms with Gasteiger partial charge in [0.2, 0.25) is 0 Å². The third-order valence-corrected chi connectivity index (χ3v) is 6.13. The van der Waals surface area contributed by atoms with E-state index in [9.17, 15) is 0 Å². The van der Waals surface area contributed by atoms with Crippen molar-refractivity contribution in [1.82, 2.24) is 0 Å². The SMILES string of the molecule is Cc1ccc(-c2c(I)c(N)c(I)c(N)c2I)cc1. The van der Waals surface area contributed by atoms with Crippen LogP contribution in [-0.4, -0.2) is 0 Å². The maximum Gasteiger partial charge on any atom is 0.0613 e. The molecular formula is C13H11I3N2. The monoisotopic (exact) mass is 576 g/mol. The van der Waals surface area contributed by atoms with E-state index in [1.165, 1.54) is 5.56 Å². The van der Waals surface area contributed by atoms with Crippen molar-refractivity contribution in [2.75, 3.05) is 11.5 Å². The average Bonchev–Trinajstić information content (AvgIpc) is 2.36. The number of halogens is 3. The number of rotatable bonds is 1. The Hall–Kier alpha value is 0.230. The summed E-state index contributed by atoms with van der Waals surface area (Å²) in [7, 11) is 0. The van der Waals surface area contributed by atoms with Crippen LogP contribution in [0.25, 0.3) is 11.1 Å². The van der Waals surface area contributed by atoms with Gasteiger partial charge in [0.05, 0.1) is 14.9 Å². The number of hydrogen-bond acceptors (Lipinski definition) is 2. The molecule has 5 heteroatoms. The van der Waals surface area contributed by atoms with Gasteiger partial charge in [-0.15, -0.1) is 0 Å². The molecule has 0 aliphatic heterocycles. The Bertz CT molecular complexity index is 578. The molecule has 2 aromatic carbocycles.